The van der Waals surface area contributed by atoms with Gasteiger partial charge in [0.15, 0.2) is 0 Å². The molecule has 0 rings (SSSR count). The molecular formula is C2H8LiMgO2Sn. The summed E-state index contributed by atoms with van der Waals surface area (Å²) in [4.78, 5) is 8.89. The van der Waals surface area contributed by atoms with Crippen molar-refractivity contribution in [3.8, 4) is 0 Å². The van der Waals surface area contributed by atoms with Gasteiger partial charge in [0.05, 0.1) is 6.92 Å². The SMILES string of the molecule is [CH2]C(=O)O.[LiH].[MgH2].[SnH2]. The summed E-state index contributed by atoms with van der Waals surface area (Å²) in [6.07, 6.45) is 0. The van der Waals surface area contributed by atoms with Gasteiger partial charge in [-0.3, -0.25) is 4.79 Å². The zero-order valence-electron chi connectivity index (χ0n) is 2.77. The van der Waals surface area contributed by atoms with E-state index in [-0.39, 0.29) is 65.8 Å². The predicted molar refractivity (Wildman–Crippen MR) is 37.2 cm³/mol. The Balaban J connectivity index is -0.0000000150. The number of carbonyl (C=O) groups is 1. The summed E-state index contributed by atoms with van der Waals surface area (Å²) >= 11 is 0. The summed E-state index contributed by atoms with van der Waals surface area (Å²) in [5.74, 6) is -1.08. The summed E-state index contributed by atoms with van der Waals surface area (Å²) in [5.41, 5.74) is 0. The Morgan fingerprint density at radius 2 is 1.57 bits per heavy atom. The molecule has 0 saturated carbocycles. The number of carboxylic acids is 1. The maximum absolute atomic E-state index is 8.89. The fourth-order valence-corrected chi connectivity index (χ4v) is 0. The molecule has 0 fully saturated rings. The topological polar surface area (TPSA) is 37.3 Å². The van der Waals surface area contributed by atoms with Crippen LogP contribution in [0.15, 0.2) is 0 Å². The second-order valence-corrected chi connectivity index (χ2v) is 0.394. The van der Waals surface area contributed by atoms with Crippen molar-refractivity contribution in [2.45, 2.75) is 0 Å². The van der Waals surface area contributed by atoms with E-state index in [0.717, 1.165) is 0 Å². The van der Waals surface area contributed by atoms with Gasteiger partial charge in [-0.1, -0.05) is 0 Å². The molecule has 0 aromatic rings. The van der Waals surface area contributed by atoms with Gasteiger partial charge in [-0.2, -0.15) is 0 Å². The third-order valence-electron chi connectivity index (χ3n) is 0. The van der Waals surface area contributed by atoms with Crippen LogP contribution < -0.4 is 0 Å². The summed E-state index contributed by atoms with van der Waals surface area (Å²) in [5, 5.41) is 7.31. The van der Waals surface area contributed by atoms with Crippen LogP contribution in [0.1, 0.15) is 0 Å². The van der Waals surface area contributed by atoms with Crippen LogP contribution in [0.25, 0.3) is 0 Å². The molecule has 0 aliphatic heterocycles. The van der Waals surface area contributed by atoms with Crippen molar-refractivity contribution in [3.05, 3.63) is 6.92 Å². The Kier molecular flexibility index (Phi) is 52.4. The van der Waals surface area contributed by atoms with E-state index in [4.69, 9.17) is 9.90 Å². The molecular weight excluding hydrogens is 206 g/mol. The molecule has 7 heavy (non-hydrogen) atoms. The fraction of sp³-hybridized carbons (Fsp3) is 0. The number of rotatable bonds is 0. The molecule has 2 nitrogen and oxygen atoms in total. The van der Waals surface area contributed by atoms with Crippen LogP contribution in [0.2, 0.25) is 0 Å². The molecule has 5 heteroatoms. The number of aliphatic carboxylic acids is 1. The molecule has 0 atom stereocenters. The normalized spacial score (nSPS) is 3.57. The van der Waals surface area contributed by atoms with Gasteiger partial charge in [-0.05, 0) is 0 Å². The first-order valence-electron chi connectivity index (χ1n) is 0.781. The zero-order chi connectivity index (χ0) is 3.58. The van der Waals surface area contributed by atoms with Gasteiger partial charge in [-0.15, -0.1) is 0 Å². The first-order valence-corrected chi connectivity index (χ1v) is 0.781. The standard InChI is InChI=1S/C2H3O2.Li.Mg.Sn.5H/c1-2(3)4;;;;;;;;/h1H2,(H,3,4);;;;;;;;. The van der Waals surface area contributed by atoms with E-state index in [2.05, 4.69) is 6.92 Å². The van der Waals surface area contributed by atoms with Crippen molar-refractivity contribution in [1.29, 1.82) is 0 Å². The van der Waals surface area contributed by atoms with E-state index in [0.29, 0.717) is 0 Å². The molecule has 0 aromatic carbocycles. The molecule has 0 heterocycles. The van der Waals surface area contributed by atoms with Gasteiger partial charge in [0.1, 0.15) is 0 Å². The Morgan fingerprint density at radius 3 is 1.57 bits per heavy atom. The number of carboxylic acid groups (broad SMARTS) is 1. The molecule has 0 aliphatic rings. The average Bonchev–Trinajstić information content (AvgIpc) is 0.811. The Morgan fingerprint density at radius 1 is 1.57 bits per heavy atom. The van der Waals surface area contributed by atoms with Gasteiger partial charge in [-0.25, -0.2) is 0 Å². The molecule has 0 spiro atoms. The molecule has 35 valence electrons. The van der Waals surface area contributed by atoms with E-state index in [1.54, 1.807) is 0 Å². The summed E-state index contributed by atoms with van der Waals surface area (Å²) in [6, 6.07) is 0. The maximum atomic E-state index is 8.89. The van der Waals surface area contributed by atoms with Gasteiger partial charge >= 0.3 is 71.8 Å². The summed E-state index contributed by atoms with van der Waals surface area (Å²) in [7, 11) is 0. The molecule has 0 bridgehead atoms. The van der Waals surface area contributed by atoms with Gasteiger partial charge < -0.3 is 5.11 Å². The van der Waals surface area contributed by atoms with Crippen molar-refractivity contribution in [2.75, 3.05) is 0 Å². The minimum absolute atomic E-state index is 0. The molecule has 0 saturated heterocycles. The Bertz CT molecular complexity index is 38.7. The van der Waals surface area contributed by atoms with E-state index < -0.39 is 5.97 Å². The fourth-order valence-electron chi connectivity index (χ4n) is 0. The first kappa shape index (κ1) is 23.4. The van der Waals surface area contributed by atoms with Crippen LogP contribution in [-0.2, 0) is 4.79 Å². The van der Waals surface area contributed by atoms with Crippen LogP contribution in [0.4, 0.5) is 0 Å². The van der Waals surface area contributed by atoms with Crippen molar-refractivity contribution in [2.24, 2.45) is 0 Å². The molecule has 0 aliphatic carbocycles. The average molecular weight is 214 g/mol. The molecule has 0 unspecified atom stereocenters. The van der Waals surface area contributed by atoms with Crippen LogP contribution in [0.3, 0.4) is 0 Å². The van der Waals surface area contributed by atoms with E-state index >= 15 is 0 Å². The summed E-state index contributed by atoms with van der Waals surface area (Å²) in [6.45, 7) is 2.56. The van der Waals surface area contributed by atoms with Crippen LogP contribution in [0, 0.1) is 6.92 Å². The number of hydrogen-bond donors (Lipinski definition) is 1. The molecule has 0 amide bonds. The second-order valence-electron chi connectivity index (χ2n) is 0.394. The van der Waals surface area contributed by atoms with E-state index in [9.17, 15) is 0 Å². The van der Waals surface area contributed by atoms with Crippen molar-refractivity contribution in [3.63, 3.8) is 0 Å². The van der Waals surface area contributed by atoms with Crippen molar-refractivity contribution in [1.82, 2.24) is 0 Å². The summed E-state index contributed by atoms with van der Waals surface area (Å²) < 4.78 is 0. The first-order chi connectivity index (χ1) is 1.73. The third kappa shape index (κ3) is 90.9. The molecule has 0 aromatic heterocycles. The van der Waals surface area contributed by atoms with Gasteiger partial charge in [0.25, 0.3) is 0 Å². The second kappa shape index (κ2) is 15.6. The van der Waals surface area contributed by atoms with Crippen molar-refractivity contribution < 1.29 is 9.90 Å². The van der Waals surface area contributed by atoms with Crippen LogP contribution in [-0.4, -0.2) is 76.9 Å². The van der Waals surface area contributed by atoms with Gasteiger partial charge in [0, 0.05) is 0 Å². The van der Waals surface area contributed by atoms with Crippen molar-refractivity contribution >= 4 is 71.8 Å². The Hall–Kier alpha value is 1.63. The monoisotopic (exact) mass is 215 g/mol. The molecule has 1 N–H and O–H groups in total. The van der Waals surface area contributed by atoms with E-state index in [1.807, 2.05) is 0 Å². The zero-order valence-corrected chi connectivity index (χ0v) is 6.81. The minimum atomic E-state index is -1.08. The van der Waals surface area contributed by atoms with Crippen LogP contribution in [0.5, 0.6) is 0 Å². The third-order valence-corrected chi connectivity index (χ3v) is 0. The van der Waals surface area contributed by atoms with Gasteiger partial charge in [0.2, 0.25) is 0 Å². The predicted octanol–water partition coefficient (Wildman–Crippen LogP) is -2.58. The quantitative estimate of drug-likeness (QED) is 0.450. The number of hydrogen-bond acceptors (Lipinski definition) is 1. The Labute approximate surface area is 87.7 Å². The van der Waals surface area contributed by atoms with E-state index in [1.165, 1.54) is 0 Å². The molecule has 3 radical (unpaired) electrons. The van der Waals surface area contributed by atoms with Crippen LogP contribution >= 0.6 is 0 Å².